The van der Waals surface area contributed by atoms with E-state index in [1.165, 1.54) is 18.2 Å². The Morgan fingerprint density at radius 3 is 2.62 bits per heavy atom. The lowest BCUT2D eigenvalue weighted by atomic mass is 10.2. The highest BCUT2D eigenvalue weighted by Crippen LogP contribution is 2.36. The molecule has 1 aliphatic heterocycles. The van der Waals surface area contributed by atoms with Crippen molar-refractivity contribution in [2.45, 2.75) is 18.7 Å². The highest BCUT2D eigenvalue weighted by molar-refractivity contribution is 5.35. The first-order chi connectivity index (χ1) is 7.57. The highest BCUT2D eigenvalue weighted by Gasteiger charge is 2.34. The fourth-order valence-electron chi connectivity index (χ4n) is 1.59. The summed E-state index contributed by atoms with van der Waals surface area (Å²) in [5.74, 6) is -0.120. The van der Waals surface area contributed by atoms with E-state index in [2.05, 4.69) is 0 Å². The molecule has 1 aliphatic rings. The summed E-state index contributed by atoms with van der Waals surface area (Å²) in [6, 6.07) is 5.23. The fraction of sp³-hybridized carbons (Fsp3) is 0.455. The lowest BCUT2D eigenvalue weighted by Gasteiger charge is -2.16. The molecule has 1 atom stereocenters. The first kappa shape index (κ1) is 11.3. The van der Waals surface area contributed by atoms with Gasteiger partial charge in [-0.15, -0.1) is 0 Å². The molecule has 0 aliphatic carbocycles. The Labute approximate surface area is 91.0 Å². The molecule has 5 heteroatoms. The summed E-state index contributed by atoms with van der Waals surface area (Å²) in [6.45, 7) is 0.894. The summed E-state index contributed by atoms with van der Waals surface area (Å²) in [5, 5.41) is 0. The van der Waals surface area contributed by atoms with Crippen molar-refractivity contribution < 1.29 is 22.6 Å². The Balaban J connectivity index is 2.19. The average molecular weight is 232 g/mol. The van der Waals surface area contributed by atoms with Crippen molar-refractivity contribution in [3.05, 3.63) is 29.8 Å². The normalized spacial score (nSPS) is 21.1. The number of hydrogen-bond acceptors (Lipinski definition) is 2. The monoisotopic (exact) mass is 232 g/mol. The second-order valence-electron chi connectivity index (χ2n) is 3.60. The van der Waals surface area contributed by atoms with Gasteiger partial charge in [0, 0.05) is 6.42 Å². The first-order valence-electron chi connectivity index (χ1n) is 4.98. The molecule has 1 heterocycles. The van der Waals surface area contributed by atoms with Crippen LogP contribution in [0.2, 0.25) is 0 Å². The Bertz CT molecular complexity index is 356. The minimum absolute atomic E-state index is 0.120. The van der Waals surface area contributed by atoms with E-state index in [4.69, 9.17) is 9.47 Å². The molecule has 0 bridgehead atoms. The Morgan fingerprint density at radius 1 is 1.25 bits per heavy atom. The molecule has 0 amide bonds. The van der Waals surface area contributed by atoms with Crippen LogP contribution >= 0.6 is 0 Å². The SMILES string of the molecule is FC(F)(F)c1ccccc1OC1CCOC1. The van der Waals surface area contributed by atoms with Crippen molar-refractivity contribution in [3.8, 4) is 5.75 Å². The molecule has 0 radical (unpaired) electrons. The van der Waals surface area contributed by atoms with Gasteiger partial charge in [-0.05, 0) is 12.1 Å². The van der Waals surface area contributed by atoms with Gasteiger partial charge >= 0.3 is 6.18 Å². The van der Waals surface area contributed by atoms with E-state index in [0.717, 1.165) is 6.07 Å². The van der Waals surface area contributed by atoms with Gasteiger partial charge in [-0.1, -0.05) is 12.1 Å². The molecular formula is C11H11F3O2. The number of benzene rings is 1. The maximum Gasteiger partial charge on any atom is 0.419 e. The number of ether oxygens (including phenoxy) is 2. The van der Waals surface area contributed by atoms with Crippen molar-refractivity contribution in [3.63, 3.8) is 0 Å². The van der Waals surface area contributed by atoms with Gasteiger partial charge in [0.25, 0.3) is 0 Å². The Morgan fingerprint density at radius 2 is 2.00 bits per heavy atom. The molecule has 1 aromatic carbocycles. The summed E-state index contributed by atoms with van der Waals surface area (Å²) in [4.78, 5) is 0. The van der Waals surface area contributed by atoms with Crippen LogP contribution in [0.25, 0.3) is 0 Å². The van der Waals surface area contributed by atoms with Crippen LogP contribution in [0.3, 0.4) is 0 Å². The van der Waals surface area contributed by atoms with Crippen molar-refractivity contribution in [2.24, 2.45) is 0 Å². The zero-order valence-electron chi connectivity index (χ0n) is 8.46. The largest absolute Gasteiger partial charge is 0.487 e. The van der Waals surface area contributed by atoms with E-state index in [1.807, 2.05) is 0 Å². The fourth-order valence-corrected chi connectivity index (χ4v) is 1.59. The maximum absolute atomic E-state index is 12.6. The highest BCUT2D eigenvalue weighted by atomic mass is 19.4. The lowest BCUT2D eigenvalue weighted by Crippen LogP contribution is -2.18. The topological polar surface area (TPSA) is 18.5 Å². The summed E-state index contributed by atoms with van der Waals surface area (Å²) >= 11 is 0. The molecular weight excluding hydrogens is 221 g/mol. The second-order valence-corrected chi connectivity index (χ2v) is 3.60. The molecule has 0 N–H and O–H groups in total. The smallest absolute Gasteiger partial charge is 0.419 e. The summed E-state index contributed by atoms with van der Waals surface area (Å²) in [5.41, 5.74) is -0.734. The molecule has 1 aromatic rings. The predicted octanol–water partition coefficient (Wildman–Crippen LogP) is 2.87. The van der Waals surface area contributed by atoms with Crippen LogP contribution in [-0.2, 0) is 10.9 Å². The predicted molar refractivity (Wildman–Crippen MR) is 51.3 cm³/mol. The van der Waals surface area contributed by atoms with E-state index in [0.29, 0.717) is 19.6 Å². The minimum atomic E-state index is -4.38. The van der Waals surface area contributed by atoms with Crippen LogP contribution < -0.4 is 4.74 Å². The third kappa shape index (κ3) is 2.47. The Hall–Kier alpha value is -1.23. The van der Waals surface area contributed by atoms with E-state index >= 15 is 0 Å². The first-order valence-corrected chi connectivity index (χ1v) is 4.98. The maximum atomic E-state index is 12.6. The zero-order chi connectivity index (χ0) is 11.6. The number of hydrogen-bond donors (Lipinski definition) is 0. The molecule has 88 valence electrons. The molecule has 2 rings (SSSR count). The molecule has 16 heavy (non-hydrogen) atoms. The van der Waals surface area contributed by atoms with Crippen molar-refractivity contribution >= 4 is 0 Å². The van der Waals surface area contributed by atoms with E-state index in [-0.39, 0.29) is 11.9 Å². The van der Waals surface area contributed by atoms with E-state index < -0.39 is 11.7 Å². The molecule has 1 unspecified atom stereocenters. The van der Waals surface area contributed by atoms with Crippen LogP contribution in [0.15, 0.2) is 24.3 Å². The van der Waals surface area contributed by atoms with E-state index in [1.54, 1.807) is 0 Å². The second kappa shape index (κ2) is 4.33. The molecule has 0 saturated carbocycles. The summed E-state index contributed by atoms with van der Waals surface area (Å²) in [6.07, 6.45) is -4.02. The standard InChI is InChI=1S/C11H11F3O2/c12-11(13,14)9-3-1-2-4-10(9)16-8-5-6-15-7-8/h1-4,8H,5-7H2. The van der Waals surface area contributed by atoms with Gasteiger partial charge in [0.1, 0.15) is 11.9 Å². The lowest BCUT2D eigenvalue weighted by molar-refractivity contribution is -0.139. The summed E-state index contributed by atoms with van der Waals surface area (Å²) in [7, 11) is 0. The van der Waals surface area contributed by atoms with Crippen LogP contribution in [0.4, 0.5) is 13.2 Å². The zero-order valence-corrected chi connectivity index (χ0v) is 8.46. The van der Waals surface area contributed by atoms with Crippen LogP contribution in [0.1, 0.15) is 12.0 Å². The van der Waals surface area contributed by atoms with Gasteiger partial charge in [-0.2, -0.15) is 13.2 Å². The van der Waals surface area contributed by atoms with Crippen molar-refractivity contribution in [1.29, 1.82) is 0 Å². The van der Waals surface area contributed by atoms with Gasteiger partial charge in [0.15, 0.2) is 0 Å². The Kier molecular flexibility index (Phi) is 3.05. The molecule has 1 fully saturated rings. The van der Waals surface area contributed by atoms with Crippen LogP contribution in [-0.4, -0.2) is 19.3 Å². The quantitative estimate of drug-likeness (QED) is 0.780. The molecule has 2 nitrogen and oxygen atoms in total. The molecule has 1 saturated heterocycles. The van der Waals surface area contributed by atoms with Gasteiger partial charge < -0.3 is 9.47 Å². The molecule has 0 aromatic heterocycles. The van der Waals surface area contributed by atoms with Crippen molar-refractivity contribution in [1.82, 2.24) is 0 Å². The number of para-hydroxylation sites is 1. The van der Waals surface area contributed by atoms with Gasteiger partial charge in [-0.3, -0.25) is 0 Å². The number of alkyl halides is 3. The number of halogens is 3. The van der Waals surface area contributed by atoms with Gasteiger partial charge in [0.05, 0.1) is 18.8 Å². The van der Waals surface area contributed by atoms with Crippen molar-refractivity contribution in [2.75, 3.05) is 13.2 Å². The minimum Gasteiger partial charge on any atom is -0.487 e. The van der Waals surface area contributed by atoms with E-state index in [9.17, 15) is 13.2 Å². The summed E-state index contributed by atoms with van der Waals surface area (Å²) < 4.78 is 48.2. The number of rotatable bonds is 2. The third-order valence-electron chi connectivity index (χ3n) is 2.37. The third-order valence-corrected chi connectivity index (χ3v) is 2.37. The van der Waals surface area contributed by atoms with Gasteiger partial charge in [0.2, 0.25) is 0 Å². The van der Waals surface area contributed by atoms with Crippen LogP contribution in [0, 0.1) is 0 Å². The van der Waals surface area contributed by atoms with Gasteiger partial charge in [-0.25, -0.2) is 0 Å². The van der Waals surface area contributed by atoms with Crippen LogP contribution in [0.5, 0.6) is 5.75 Å². The average Bonchev–Trinajstić information content (AvgIpc) is 2.70. The molecule has 0 spiro atoms.